The van der Waals surface area contributed by atoms with Gasteiger partial charge in [-0.1, -0.05) is 0 Å². The molecule has 20 heavy (non-hydrogen) atoms. The molecule has 2 atom stereocenters. The lowest BCUT2D eigenvalue weighted by Gasteiger charge is -2.16. The summed E-state index contributed by atoms with van der Waals surface area (Å²) < 4.78 is 37.7. The highest BCUT2D eigenvalue weighted by atomic mass is 19.4. The third kappa shape index (κ3) is 3.42. The number of carbonyl (C=O) groups is 1. The Bertz CT molecular complexity index is 546. The number of nitro groups is 1. The molecule has 0 aliphatic heterocycles. The van der Waals surface area contributed by atoms with Crippen LogP contribution in [0.4, 0.5) is 18.9 Å². The molecule has 10 heteroatoms. The van der Waals surface area contributed by atoms with Crippen molar-refractivity contribution in [1.29, 1.82) is 0 Å². The second kappa shape index (κ2) is 5.43. The fourth-order valence-electron chi connectivity index (χ4n) is 1.41. The highest BCUT2D eigenvalue weighted by Crippen LogP contribution is 2.34. The fraction of sp³-hybridized carbons (Fsp3) is 0.300. The number of hydrogen-bond acceptors (Lipinski definition) is 5. The standard InChI is InChI=1S/C10H9F3N2O5/c11-10(12,13)5-1-4(2-6(3-5)15(19)20)7(16)8(17)9(14)18/h1-3,7-8,16-17H,(H2,14,18). The molecule has 1 aromatic rings. The number of benzene rings is 1. The van der Waals surface area contributed by atoms with E-state index in [2.05, 4.69) is 0 Å². The summed E-state index contributed by atoms with van der Waals surface area (Å²) in [6.07, 6.45) is -9.18. The number of carbonyl (C=O) groups excluding carboxylic acids is 1. The van der Waals surface area contributed by atoms with Crippen LogP contribution < -0.4 is 5.73 Å². The maximum atomic E-state index is 12.6. The van der Waals surface area contributed by atoms with Gasteiger partial charge in [-0.3, -0.25) is 14.9 Å². The van der Waals surface area contributed by atoms with Gasteiger partial charge >= 0.3 is 6.18 Å². The molecule has 1 amide bonds. The zero-order valence-electron chi connectivity index (χ0n) is 9.66. The van der Waals surface area contributed by atoms with Crippen molar-refractivity contribution in [3.63, 3.8) is 0 Å². The average molecular weight is 294 g/mol. The van der Waals surface area contributed by atoms with Gasteiger partial charge in [0.1, 0.15) is 6.10 Å². The first-order valence-electron chi connectivity index (χ1n) is 5.06. The number of nitrogens with two attached hydrogens (primary N) is 1. The van der Waals surface area contributed by atoms with E-state index in [4.69, 9.17) is 5.73 Å². The average Bonchev–Trinajstić information content (AvgIpc) is 2.35. The van der Waals surface area contributed by atoms with Gasteiger partial charge in [0, 0.05) is 12.1 Å². The van der Waals surface area contributed by atoms with E-state index in [0.29, 0.717) is 12.1 Å². The molecule has 110 valence electrons. The molecule has 1 rings (SSSR count). The Morgan fingerprint density at radius 3 is 2.25 bits per heavy atom. The number of aliphatic hydroxyl groups excluding tert-OH is 2. The second-order valence-electron chi connectivity index (χ2n) is 3.86. The number of nitrogens with zero attached hydrogens (tertiary/aromatic N) is 1. The molecule has 0 radical (unpaired) electrons. The Balaban J connectivity index is 3.36. The summed E-state index contributed by atoms with van der Waals surface area (Å²) in [6.45, 7) is 0. The molecule has 2 unspecified atom stereocenters. The Labute approximate surface area is 109 Å². The predicted molar refractivity (Wildman–Crippen MR) is 58.3 cm³/mol. The maximum Gasteiger partial charge on any atom is 0.416 e. The Kier molecular flexibility index (Phi) is 4.30. The van der Waals surface area contributed by atoms with Crippen LogP contribution >= 0.6 is 0 Å². The number of amides is 1. The molecule has 0 spiro atoms. The summed E-state index contributed by atoms with van der Waals surface area (Å²) in [5.41, 5.74) is 1.72. The van der Waals surface area contributed by atoms with Crippen molar-refractivity contribution < 1.29 is 33.1 Å². The summed E-state index contributed by atoms with van der Waals surface area (Å²) in [7, 11) is 0. The summed E-state index contributed by atoms with van der Waals surface area (Å²) in [6, 6.07) is 1.28. The number of halogens is 3. The molecule has 0 saturated carbocycles. The van der Waals surface area contributed by atoms with E-state index in [0.717, 1.165) is 0 Å². The zero-order chi connectivity index (χ0) is 15.7. The molecule has 0 aromatic heterocycles. The van der Waals surface area contributed by atoms with Gasteiger partial charge in [-0.15, -0.1) is 0 Å². The minimum Gasteiger partial charge on any atom is -0.385 e. The van der Waals surface area contributed by atoms with E-state index in [1.807, 2.05) is 0 Å². The SMILES string of the molecule is NC(=O)C(O)C(O)c1cc([N+](=O)[O-])cc(C(F)(F)F)c1. The van der Waals surface area contributed by atoms with Gasteiger partial charge < -0.3 is 15.9 Å². The van der Waals surface area contributed by atoms with Gasteiger partial charge in [-0.2, -0.15) is 13.2 Å². The molecule has 0 saturated heterocycles. The quantitative estimate of drug-likeness (QED) is 0.550. The third-order valence-corrected chi connectivity index (χ3v) is 2.41. The topological polar surface area (TPSA) is 127 Å². The maximum absolute atomic E-state index is 12.6. The van der Waals surface area contributed by atoms with Crippen LogP contribution in [0.25, 0.3) is 0 Å². The predicted octanol–water partition coefficient (Wildman–Crippen LogP) is 0.493. The number of primary amides is 1. The first kappa shape index (κ1) is 15.9. The minimum absolute atomic E-state index is 0.271. The van der Waals surface area contributed by atoms with E-state index < -0.39 is 46.0 Å². The molecule has 4 N–H and O–H groups in total. The molecule has 0 aliphatic carbocycles. The highest BCUT2D eigenvalue weighted by Gasteiger charge is 2.34. The molecular formula is C10H9F3N2O5. The van der Waals surface area contributed by atoms with Crippen molar-refractivity contribution in [2.75, 3.05) is 0 Å². The van der Waals surface area contributed by atoms with Crippen LogP contribution in [0.2, 0.25) is 0 Å². The number of alkyl halides is 3. The normalized spacial score (nSPS) is 14.7. The van der Waals surface area contributed by atoms with E-state index in [9.17, 15) is 38.3 Å². The summed E-state index contributed by atoms with van der Waals surface area (Å²) in [5.74, 6) is -1.38. The van der Waals surface area contributed by atoms with Gasteiger partial charge in [0.15, 0.2) is 6.10 Å². The lowest BCUT2D eigenvalue weighted by Crippen LogP contribution is -2.34. The number of non-ortho nitro benzene ring substituents is 1. The molecule has 0 aliphatic rings. The number of aliphatic hydroxyl groups is 2. The summed E-state index contributed by atoms with van der Waals surface area (Å²) in [5, 5.41) is 29.3. The van der Waals surface area contributed by atoms with Gasteiger partial charge in [0.2, 0.25) is 5.91 Å². The first-order valence-corrected chi connectivity index (χ1v) is 5.06. The van der Waals surface area contributed by atoms with Gasteiger partial charge in [-0.25, -0.2) is 0 Å². The number of nitro benzene ring substituents is 1. The Morgan fingerprint density at radius 1 is 1.30 bits per heavy atom. The molecular weight excluding hydrogens is 285 g/mol. The van der Waals surface area contributed by atoms with Crippen LogP contribution in [-0.4, -0.2) is 27.1 Å². The van der Waals surface area contributed by atoms with Crippen molar-refractivity contribution >= 4 is 11.6 Å². The molecule has 7 nitrogen and oxygen atoms in total. The number of rotatable bonds is 4. The van der Waals surface area contributed by atoms with Crippen LogP contribution in [0.5, 0.6) is 0 Å². The van der Waals surface area contributed by atoms with Gasteiger partial charge in [0.25, 0.3) is 5.69 Å². The summed E-state index contributed by atoms with van der Waals surface area (Å²) >= 11 is 0. The third-order valence-electron chi connectivity index (χ3n) is 2.41. The number of hydrogen-bond donors (Lipinski definition) is 3. The van der Waals surface area contributed by atoms with E-state index in [1.165, 1.54) is 0 Å². The van der Waals surface area contributed by atoms with Crippen LogP contribution in [0.3, 0.4) is 0 Å². The van der Waals surface area contributed by atoms with E-state index in [-0.39, 0.29) is 6.07 Å². The second-order valence-corrected chi connectivity index (χ2v) is 3.86. The molecule has 0 heterocycles. The van der Waals surface area contributed by atoms with Crippen molar-refractivity contribution in [2.24, 2.45) is 5.73 Å². The minimum atomic E-state index is -4.89. The van der Waals surface area contributed by atoms with Crippen molar-refractivity contribution in [1.82, 2.24) is 0 Å². The largest absolute Gasteiger partial charge is 0.416 e. The first-order chi connectivity index (χ1) is 9.04. The summed E-state index contributed by atoms with van der Waals surface area (Å²) in [4.78, 5) is 20.1. The van der Waals surface area contributed by atoms with Crippen LogP contribution in [0.1, 0.15) is 17.2 Å². The lowest BCUT2D eigenvalue weighted by molar-refractivity contribution is -0.385. The Morgan fingerprint density at radius 2 is 1.85 bits per heavy atom. The van der Waals surface area contributed by atoms with E-state index in [1.54, 1.807) is 0 Å². The van der Waals surface area contributed by atoms with Crippen molar-refractivity contribution in [3.8, 4) is 0 Å². The van der Waals surface area contributed by atoms with Crippen molar-refractivity contribution in [2.45, 2.75) is 18.4 Å². The molecule has 1 aromatic carbocycles. The monoisotopic (exact) mass is 294 g/mol. The van der Waals surface area contributed by atoms with Crippen LogP contribution in [0, 0.1) is 10.1 Å². The lowest BCUT2D eigenvalue weighted by atomic mass is 10.0. The molecule has 0 fully saturated rings. The molecule has 0 bridgehead atoms. The van der Waals surface area contributed by atoms with Crippen LogP contribution in [-0.2, 0) is 11.0 Å². The van der Waals surface area contributed by atoms with Gasteiger partial charge in [0.05, 0.1) is 10.5 Å². The zero-order valence-corrected chi connectivity index (χ0v) is 9.66. The van der Waals surface area contributed by atoms with Crippen LogP contribution in [0.15, 0.2) is 18.2 Å². The highest BCUT2D eigenvalue weighted by molar-refractivity contribution is 5.79. The van der Waals surface area contributed by atoms with Gasteiger partial charge in [-0.05, 0) is 11.6 Å². The fourth-order valence-corrected chi connectivity index (χ4v) is 1.41. The van der Waals surface area contributed by atoms with E-state index >= 15 is 0 Å². The van der Waals surface area contributed by atoms with Crippen molar-refractivity contribution in [3.05, 3.63) is 39.4 Å². The smallest absolute Gasteiger partial charge is 0.385 e. The Hall–Kier alpha value is -2.20.